The maximum Gasteiger partial charge on any atom is 0.408 e. The van der Waals surface area contributed by atoms with Gasteiger partial charge in [0.05, 0.1) is 12.6 Å². The summed E-state index contributed by atoms with van der Waals surface area (Å²) in [6, 6.07) is -0.892. The number of nitrogens with zero attached hydrogens (tertiary/aromatic N) is 2. The Kier molecular flexibility index (Phi) is 6.19. The number of aromatic amines is 1. The zero-order valence-electron chi connectivity index (χ0n) is 13.3. The number of alkyl carbamates (subject to hydrolysis) is 1. The van der Waals surface area contributed by atoms with Crippen molar-refractivity contribution in [1.29, 1.82) is 0 Å². The molecule has 10 heteroatoms. The first-order valence-corrected chi connectivity index (χ1v) is 6.99. The molecular weight excluding hydrogens is 306 g/mol. The third kappa shape index (κ3) is 6.43. The molecule has 1 rings (SSSR count). The van der Waals surface area contributed by atoms with Gasteiger partial charge >= 0.3 is 17.2 Å². The second-order valence-corrected chi connectivity index (χ2v) is 5.90. The molecule has 0 aliphatic rings. The number of rotatable bonds is 6. The number of carbonyl (C=O) groups is 2. The molecule has 0 spiro atoms. The van der Waals surface area contributed by atoms with Gasteiger partial charge in [0.15, 0.2) is 5.78 Å². The summed E-state index contributed by atoms with van der Waals surface area (Å²) in [4.78, 5) is 45.8. The standard InChI is InChI=1S/C13H21N5O5/c1-13(2,3)23-12(22)15-6-9(19)8(14)4-5-18-7-16-17-10(20)11(18)21/h7-8H,4-6,14H2,1-3H3,(H,15,22)(H,17,20). The Labute approximate surface area is 132 Å². The normalized spacial score (nSPS) is 12.5. The molecule has 1 atom stereocenters. The third-order valence-electron chi connectivity index (χ3n) is 2.72. The van der Waals surface area contributed by atoms with Gasteiger partial charge in [0.1, 0.15) is 11.9 Å². The van der Waals surface area contributed by atoms with E-state index in [9.17, 15) is 19.2 Å². The Hall–Kier alpha value is -2.49. The molecule has 0 aromatic carbocycles. The Morgan fingerprint density at radius 3 is 2.70 bits per heavy atom. The second-order valence-electron chi connectivity index (χ2n) is 5.90. The summed E-state index contributed by atoms with van der Waals surface area (Å²) in [5.41, 5.74) is 3.42. The number of hydrogen-bond donors (Lipinski definition) is 3. The molecule has 1 aromatic rings. The van der Waals surface area contributed by atoms with E-state index in [0.29, 0.717) is 0 Å². The molecule has 0 fully saturated rings. The fraction of sp³-hybridized carbons (Fsp3) is 0.615. The summed E-state index contributed by atoms with van der Waals surface area (Å²) < 4.78 is 6.05. The summed E-state index contributed by atoms with van der Waals surface area (Å²) in [5, 5.41) is 7.80. The summed E-state index contributed by atoms with van der Waals surface area (Å²) in [6.45, 7) is 4.89. The molecule has 23 heavy (non-hydrogen) atoms. The van der Waals surface area contributed by atoms with Gasteiger partial charge in [-0.25, -0.2) is 9.89 Å². The van der Waals surface area contributed by atoms with Crippen LogP contribution in [0, 0.1) is 0 Å². The van der Waals surface area contributed by atoms with Crippen molar-refractivity contribution in [2.45, 2.75) is 45.4 Å². The van der Waals surface area contributed by atoms with Gasteiger partial charge in [-0.05, 0) is 27.2 Å². The van der Waals surface area contributed by atoms with Crippen molar-refractivity contribution < 1.29 is 14.3 Å². The number of H-pyrrole nitrogens is 1. The van der Waals surface area contributed by atoms with Gasteiger partial charge in [0.25, 0.3) is 0 Å². The lowest BCUT2D eigenvalue weighted by Gasteiger charge is -2.20. The molecule has 10 nitrogen and oxygen atoms in total. The summed E-state index contributed by atoms with van der Waals surface area (Å²) in [6.07, 6.45) is 0.563. The van der Waals surface area contributed by atoms with E-state index in [2.05, 4.69) is 10.4 Å². The van der Waals surface area contributed by atoms with Crippen LogP contribution in [0.4, 0.5) is 4.79 Å². The van der Waals surface area contributed by atoms with Gasteiger partial charge in [-0.2, -0.15) is 5.10 Å². The van der Waals surface area contributed by atoms with E-state index in [1.165, 1.54) is 0 Å². The van der Waals surface area contributed by atoms with Crippen LogP contribution in [0.25, 0.3) is 0 Å². The molecule has 0 radical (unpaired) electrons. The van der Waals surface area contributed by atoms with Gasteiger partial charge in [0.2, 0.25) is 0 Å². The molecular formula is C13H21N5O5. The van der Waals surface area contributed by atoms with Gasteiger partial charge in [-0.1, -0.05) is 0 Å². The highest BCUT2D eigenvalue weighted by Gasteiger charge is 2.19. The number of aromatic nitrogens is 3. The summed E-state index contributed by atoms with van der Waals surface area (Å²) >= 11 is 0. The Balaban J connectivity index is 2.46. The van der Waals surface area contributed by atoms with E-state index in [4.69, 9.17) is 10.5 Å². The minimum atomic E-state index is -0.892. The number of amides is 1. The minimum Gasteiger partial charge on any atom is -0.444 e. The van der Waals surface area contributed by atoms with Crippen LogP contribution in [-0.4, -0.2) is 44.8 Å². The zero-order valence-corrected chi connectivity index (χ0v) is 13.3. The first-order valence-electron chi connectivity index (χ1n) is 6.99. The number of nitrogens with two attached hydrogens (primary N) is 1. The van der Waals surface area contributed by atoms with Crippen LogP contribution >= 0.6 is 0 Å². The number of Topliss-reactive ketones (excluding diaryl/α,β-unsaturated/α-hetero) is 1. The van der Waals surface area contributed by atoms with Crippen molar-refractivity contribution in [3.8, 4) is 0 Å². The monoisotopic (exact) mass is 327 g/mol. The summed E-state index contributed by atoms with van der Waals surface area (Å²) in [5.74, 6) is -0.415. The number of carbonyl (C=O) groups excluding carboxylic acids is 2. The average molecular weight is 327 g/mol. The van der Waals surface area contributed by atoms with Crippen LogP contribution in [-0.2, 0) is 16.1 Å². The van der Waals surface area contributed by atoms with Crippen molar-refractivity contribution in [3.05, 3.63) is 27.0 Å². The zero-order chi connectivity index (χ0) is 17.6. The van der Waals surface area contributed by atoms with E-state index in [1.54, 1.807) is 20.8 Å². The highest BCUT2D eigenvalue weighted by molar-refractivity contribution is 5.88. The third-order valence-corrected chi connectivity index (χ3v) is 2.72. The predicted octanol–water partition coefficient (Wildman–Crippen LogP) is -1.26. The molecule has 1 heterocycles. The lowest BCUT2D eigenvalue weighted by molar-refractivity contribution is -0.119. The predicted molar refractivity (Wildman–Crippen MR) is 81.0 cm³/mol. The van der Waals surface area contributed by atoms with Crippen LogP contribution in [0.5, 0.6) is 0 Å². The first kappa shape index (κ1) is 18.6. The van der Waals surface area contributed by atoms with E-state index in [0.717, 1.165) is 10.9 Å². The molecule has 0 bridgehead atoms. The minimum absolute atomic E-state index is 0.0646. The first-order chi connectivity index (χ1) is 10.6. The molecule has 0 aliphatic carbocycles. The Bertz CT molecular complexity index is 672. The average Bonchev–Trinajstić information content (AvgIpc) is 2.44. The van der Waals surface area contributed by atoms with Crippen LogP contribution in [0.2, 0.25) is 0 Å². The Morgan fingerprint density at radius 2 is 2.09 bits per heavy atom. The molecule has 0 saturated heterocycles. The fourth-order valence-electron chi connectivity index (χ4n) is 1.59. The van der Waals surface area contributed by atoms with Crippen LogP contribution < -0.4 is 22.2 Å². The molecule has 0 saturated carbocycles. The van der Waals surface area contributed by atoms with Crippen molar-refractivity contribution in [2.75, 3.05) is 6.54 Å². The SMILES string of the molecule is CC(C)(C)OC(=O)NCC(=O)C(N)CCn1cn[nH]c(=O)c1=O. The van der Waals surface area contributed by atoms with E-state index in [-0.39, 0.29) is 19.5 Å². The van der Waals surface area contributed by atoms with E-state index < -0.39 is 34.6 Å². The van der Waals surface area contributed by atoms with Crippen LogP contribution in [0.15, 0.2) is 15.9 Å². The highest BCUT2D eigenvalue weighted by atomic mass is 16.6. The second kappa shape index (κ2) is 7.68. The topological polar surface area (TPSA) is 149 Å². The van der Waals surface area contributed by atoms with Crippen molar-refractivity contribution in [3.63, 3.8) is 0 Å². The quantitative estimate of drug-likeness (QED) is 0.552. The molecule has 128 valence electrons. The fourth-order valence-corrected chi connectivity index (χ4v) is 1.59. The summed E-state index contributed by atoms with van der Waals surface area (Å²) in [7, 11) is 0. The number of aryl methyl sites for hydroxylation is 1. The largest absolute Gasteiger partial charge is 0.444 e. The lowest BCUT2D eigenvalue weighted by Crippen LogP contribution is -2.43. The molecule has 1 unspecified atom stereocenters. The maximum absolute atomic E-state index is 11.8. The molecule has 1 aromatic heterocycles. The Morgan fingerprint density at radius 1 is 1.43 bits per heavy atom. The maximum atomic E-state index is 11.8. The van der Waals surface area contributed by atoms with Gasteiger partial charge in [0, 0.05) is 6.54 Å². The molecule has 1 amide bonds. The van der Waals surface area contributed by atoms with E-state index >= 15 is 0 Å². The van der Waals surface area contributed by atoms with Gasteiger partial charge in [-0.3, -0.25) is 19.0 Å². The molecule has 0 aliphatic heterocycles. The van der Waals surface area contributed by atoms with Crippen molar-refractivity contribution in [2.24, 2.45) is 5.73 Å². The smallest absolute Gasteiger partial charge is 0.408 e. The molecule has 4 N–H and O–H groups in total. The number of ketones is 1. The number of nitrogens with one attached hydrogen (secondary N) is 2. The van der Waals surface area contributed by atoms with Crippen molar-refractivity contribution >= 4 is 11.9 Å². The van der Waals surface area contributed by atoms with E-state index in [1.807, 2.05) is 5.10 Å². The highest BCUT2D eigenvalue weighted by Crippen LogP contribution is 2.06. The lowest BCUT2D eigenvalue weighted by atomic mass is 10.1. The number of ether oxygens (including phenoxy) is 1. The van der Waals surface area contributed by atoms with Crippen molar-refractivity contribution in [1.82, 2.24) is 20.1 Å². The van der Waals surface area contributed by atoms with Gasteiger partial charge in [-0.15, -0.1) is 0 Å². The number of hydrogen-bond acceptors (Lipinski definition) is 7. The van der Waals surface area contributed by atoms with Gasteiger partial charge < -0.3 is 15.8 Å². The van der Waals surface area contributed by atoms with Crippen LogP contribution in [0.1, 0.15) is 27.2 Å². The van der Waals surface area contributed by atoms with Crippen LogP contribution in [0.3, 0.4) is 0 Å².